The van der Waals surface area contributed by atoms with Crippen LogP contribution in [0.4, 0.5) is 9.41 Å². The van der Waals surface area contributed by atoms with Crippen LogP contribution in [0.25, 0.3) is 0 Å². The third-order valence-electron chi connectivity index (χ3n) is 6.56. The van der Waals surface area contributed by atoms with E-state index in [1.165, 1.54) is 89.9 Å². The fourth-order valence-corrected chi connectivity index (χ4v) is 4.79. The van der Waals surface area contributed by atoms with E-state index in [0.29, 0.717) is 6.54 Å². The second kappa shape index (κ2) is 25.7. The molecule has 5 nitrogen and oxygen atoms in total. The summed E-state index contributed by atoms with van der Waals surface area (Å²) in [5, 5.41) is 34.3. The number of nitrogens with zero attached hydrogens (tertiary/aromatic N) is 2. The van der Waals surface area contributed by atoms with Gasteiger partial charge >= 0.3 is 0 Å². The van der Waals surface area contributed by atoms with Crippen LogP contribution in [0.5, 0.6) is 0 Å². The lowest BCUT2D eigenvalue weighted by atomic mass is 10.0. The summed E-state index contributed by atoms with van der Waals surface area (Å²) in [4.78, 5) is 0. The summed E-state index contributed by atoms with van der Waals surface area (Å²) < 4.78 is 0. The van der Waals surface area contributed by atoms with Gasteiger partial charge in [-0.1, -0.05) is 110 Å². The van der Waals surface area contributed by atoms with E-state index < -0.39 is 18.6 Å². The van der Waals surface area contributed by atoms with E-state index in [4.69, 9.17) is 0 Å². The molecule has 4 atom stereocenters. The van der Waals surface area contributed by atoms with Gasteiger partial charge in [-0.25, -0.2) is 5.01 Å². The molecule has 210 valence electrons. The molecule has 0 aromatic heterocycles. The van der Waals surface area contributed by atoms with Crippen molar-refractivity contribution < 1.29 is 24.7 Å². The Morgan fingerprint density at radius 1 is 0.529 bits per heavy atom. The maximum absolute atomic E-state index is 10.4. The van der Waals surface area contributed by atoms with Gasteiger partial charge in [0.05, 0.1) is 12.1 Å². The van der Waals surface area contributed by atoms with Crippen LogP contribution >= 0.6 is 0 Å². The van der Waals surface area contributed by atoms with Crippen LogP contribution in [0.1, 0.15) is 144 Å². The number of hydrogen-bond donors (Lipinski definition) is 3. The maximum Gasteiger partial charge on any atom is 0.120 e. The van der Waals surface area contributed by atoms with Crippen LogP contribution in [0, 0.1) is 0 Å². The minimum atomic E-state index is -0.788. The third kappa shape index (κ3) is 18.9. The predicted molar refractivity (Wildman–Crippen MR) is 142 cm³/mol. The Kier molecular flexibility index (Phi) is 28.9. The number of unbranched alkanes of at least 4 members (excludes halogenated alkanes) is 14. The van der Waals surface area contributed by atoms with Crippen molar-refractivity contribution in [2.45, 2.75) is 168 Å². The van der Waals surface area contributed by atoms with Crippen LogP contribution in [-0.4, -0.2) is 56.5 Å². The fourth-order valence-electron chi connectivity index (χ4n) is 4.79. The molecule has 0 aliphatic heterocycles. The molecule has 0 saturated heterocycles. The van der Waals surface area contributed by atoms with E-state index in [1.807, 2.05) is 11.9 Å². The molecular formula is C27H60F2N2O3. The monoisotopic (exact) mass is 498 g/mol. The molecule has 4 unspecified atom stereocenters. The van der Waals surface area contributed by atoms with Crippen LogP contribution in [-0.2, 0) is 0 Å². The maximum atomic E-state index is 10.4. The van der Waals surface area contributed by atoms with Gasteiger partial charge in [0.2, 0.25) is 0 Å². The molecule has 3 N–H and O–H groups in total. The normalized spacial score (nSPS) is 15.0. The van der Waals surface area contributed by atoms with Crippen molar-refractivity contribution in [3.05, 3.63) is 0 Å². The zero-order valence-electron chi connectivity index (χ0n) is 23.1. The van der Waals surface area contributed by atoms with Gasteiger partial charge in [-0.05, 0) is 33.6 Å². The predicted octanol–water partition coefficient (Wildman–Crippen LogP) is 6.91. The van der Waals surface area contributed by atoms with Gasteiger partial charge in [-0.2, -0.15) is 5.01 Å². The van der Waals surface area contributed by atoms with Crippen molar-refractivity contribution in [3.63, 3.8) is 0 Å². The molecule has 0 aromatic rings. The lowest BCUT2D eigenvalue weighted by molar-refractivity contribution is -0.231. The van der Waals surface area contributed by atoms with Gasteiger partial charge in [0.15, 0.2) is 0 Å². The van der Waals surface area contributed by atoms with Gasteiger partial charge in [0.25, 0.3) is 0 Å². The van der Waals surface area contributed by atoms with E-state index in [1.54, 1.807) is 18.9 Å². The number of rotatable bonds is 23. The molecule has 0 bridgehead atoms. The first kappa shape index (κ1) is 38.2. The van der Waals surface area contributed by atoms with E-state index in [0.717, 1.165) is 19.3 Å². The fraction of sp³-hybridized carbons (Fsp3) is 1.00. The molecule has 0 saturated carbocycles. The molecular weight excluding hydrogens is 438 g/mol. The minimum absolute atomic E-state index is 0. The second-order valence-corrected chi connectivity index (χ2v) is 9.85. The van der Waals surface area contributed by atoms with E-state index in [2.05, 4.69) is 13.8 Å². The molecule has 0 heterocycles. The average Bonchev–Trinajstić information content (AvgIpc) is 2.72. The Morgan fingerprint density at radius 2 is 0.882 bits per heavy atom. The SMILES string of the molecule is CCCCCCCCCCCCCCCCCC(C(C)O)N(CCC)N(C(C)O)C(C)O.F.F. The first-order chi connectivity index (χ1) is 15.4. The van der Waals surface area contributed by atoms with E-state index in [-0.39, 0.29) is 15.5 Å². The Balaban J connectivity index is -0.00000480. The van der Waals surface area contributed by atoms with Gasteiger partial charge < -0.3 is 15.3 Å². The van der Waals surface area contributed by atoms with Crippen molar-refractivity contribution in [2.24, 2.45) is 0 Å². The highest BCUT2D eigenvalue weighted by Gasteiger charge is 2.31. The highest BCUT2D eigenvalue weighted by molar-refractivity contribution is 4.77. The molecule has 0 radical (unpaired) electrons. The first-order valence-electron chi connectivity index (χ1n) is 14.0. The van der Waals surface area contributed by atoms with Gasteiger partial charge in [-0.15, -0.1) is 0 Å². The van der Waals surface area contributed by atoms with Crippen molar-refractivity contribution in [1.29, 1.82) is 0 Å². The summed E-state index contributed by atoms with van der Waals surface area (Å²) in [6, 6.07) is -0.0823. The summed E-state index contributed by atoms with van der Waals surface area (Å²) >= 11 is 0. The summed E-state index contributed by atoms with van der Waals surface area (Å²) in [6.07, 6.45) is 19.9. The van der Waals surface area contributed by atoms with Crippen LogP contribution in [0.15, 0.2) is 0 Å². The molecule has 0 fully saturated rings. The highest BCUT2D eigenvalue weighted by atomic mass is 19.0. The Morgan fingerprint density at radius 3 is 1.18 bits per heavy atom. The standard InChI is InChI=1S/C27H58N2O3.2FH/c1-6-8-9-10-11-12-13-14-15-16-17-18-19-20-21-22-27(24(3)30)28(23-7-2)29(25(4)31)26(5)32;;/h24-27,30-32H,6-23H2,1-5H3;2*1H. The first-order valence-corrected chi connectivity index (χ1v) is 14.0. The smallest absolute Gasteiger partial charge is 0.120 e. The molecule has 0 rings (SSSR count). The summed E-state index contributed by atoms with van der Waals surface area (Å²) in [7, 11) is 0. The Labute approximate surface area is 210 Å². The molecule has 0 amide bonds. The average molecular weight is 499 g/mol. The van der Waals surface area contributed by atoms with Crippen molar-refractivity contribution in [2.75, 3.05) is 6.54 Å². The minimum Gasteiger partial charge on any atom is -0.392 e. The van der Waals surface area contributed by atoms with Crippen molar-refractivity contribution in [1.82, 2.24) is 10.0 Å². The second-order valence-electron chi connectivity index (χ2n) is 9.85. The zero-order chi connectivity index (χ0) is 24.2. The highest BCUT2D eigenvalue weighted by Crippen LogP contribution is 2.21. The molecule has 0 aromatic carbocycles. The lowest BCUT2D eigenvalue weighted by Crippen LogP contribution is -2.59. The molecule has 7 heteroatoms. The van der Waals surface area contributed by atoms with Gasteiger partial charge in [0, 0.05) is 6.54 Å². The number of hydrogen-bond acceptors (Lipinski definition) is 5. The topological polar surface area (TPSA) is 67.2 Å². The third-order valence-corrected chi connectivity index (χ3v) is 6.56. The van der Waals surface area contributed by atoms with E-state index >= 15 is 0 Å². The Hall–Kier alpha value is -0.340. The number of hydrazine groups is 1. The molecule has 0 aliphatic carbocycles. The van der Waals surface area contributed by atoms with Gasteiger partial charge in [-0.3, -0.25) is 9.41 Å². The Bertz CT molecular complexity index is 394. The quantitative estimate of drug-likeness (QED) is 0.0811. The molecule has 0 spiro atoms. The number of aliphatic hydroxyl groups is 3. The van der Waals surface area contributed by atoms with Crippen LogP contribution < -0.4 is 0 Å². The zero-order valence-corrected chi connectivity index (χ0v) is 23.1. The number of aliphatic hydroxyl groups excluding tert-OH is 3. The van der Waals surface area contributed by atoms with E-state index in [9.17, 15) is 15.3 Å². The van der Waals surface area contributed by atoms with Crippen LogP contribution in [0.3, 0.4) is 0 Å². The summed E-state index contributed by atoms with van der Waals surface area (Å²) in [5.41, 5.74) is 0. The largest absolute Gasteiger partial charge is 0.392 e. The summed E-state index contributed by atoms with van der Waals surface area (Å²) in [5.74, 6) is 0. The van der Waals surface area contributed by atoms with Crippen molar-refractivity contribution >= 4 is 0 Å². The molecule has 0 aliphatic rings. The summed E-state index contributed by atoms with van der Waals surface area (Å²) in [6.45, 7) is 10.2. The lowest BCUT2D eigenvalue weighted by Gasteiger charge is -2.44. The number of halogens is 2. The van der Waals surface area contributed by atoms with Crippen molar-refractivity contribution in [3.8, 4) is 0 Å². The molecule has 34 heavy (non-hydrogen) atoms. The van der Waals surface area contributed by atoms with Gasteiger partial charge in [0.1, 0.15) is 12.5 Å². The van der Waals surface area contributed by atoms with Crippen LogP contribution in [0.2, 0.25) is 0 Å².